The van der Waals surface area contributed by atoms with E-state index in [2.05, 4.69) is 5.32 Å². The first-order chi connectivity index (χ1) is 12.2. The molecule has 132 valence electrons. The van der Waals surface area contributed by atoms with E-state index in [-0.39, 0.29) is 18.4 Å². The molecule has 0 radical (unpaired) electrons. The third-order valence-corrected chi connectivity index (χ3v) is 3.99. The summed E-state index contributed by atoms with van der Waals surface area (Å²) in [6.07, 6.45) is 1.83. The maximum atomic E-state index is 12.3. The van der Waals surface area contributed by atoms with Crippen molar-refractivity contribution in [2.45, 2.75) is 26.7 Å². The van der Waals surface area contributed by atoms with Gasteiger partial charge in [-0.25, -0.2) is 0 Å². The Kier molecular flexibility index (Phi) is 7.20. The van der Waals surface area contributed by atoms with Crippen molar-refractivity contribution in [3.05, 3.63) is 60.2 Å². The third kappa shape index (κ3) is 5.45. The van der Waals surface area contributed by atoms with E-state index in [1.807, 2.05) is 56.3 Å². The molecule has 0 bridgehead atoms. The molecule has 0 atom stereocenters. The third-order valence-electron chi connectivity index (χ3n) is 3.99. The molecule has 0 saturated heterocycles. The van der Waals surface area contributed by atoms with Gasteiger partial charge in [0.05, 0.1) is 6.54 Å². The molecule has 0 unspecified atom stereocenters. The zero-order valence-corrected chi connectivity index (χ0v) is 15.0. The summed E-state index contributed by atoms with van der Waals surface area (Å²) in [5, 5.41) is 2.73. The lowest BCUT2D eigenvalue weighted by Gasteiger charge is -2.21. The van der Waals surface area contributed by atoms with E-state index in [9.17, 15) is 9.59 Å². The Morgan fingerprint density at radius 2 is 1.40 bits per heavy atom. The Balaban J connectivity index is 1.93. The smallest absolute Gasteiger partial charge is 0.251 e. The quantitative estimate of drug-likeness (QED) is 0.797. The second-order valence-electron chi connectivity index (χ2n) is 6.01. The van der Waals surface area contributed by atoms with Crippen LogP contribution in [0.15, 0.2) is 54.6 Å². The Morgan fingerprint density at radius 3 is 1.96 bits per heavy atom. The molecule has 0 heterocycles. The molecule has 2 amide bonds. The average molecular weight is 338 g/mol. The summed E-state index contributed by atoms with van der Waals surface area (Å²) in [6.45, 7) is 5.59. The zero-order chi connectivity index (χ0) is 18.1. The van der Waals surface area contributed by atoms with Crippen molar-refractivity contribution in [2.75, 3.05) is 19.6 Å². The lowest BCUT2D eigenvalue weighted by molar-refractivity contribution is -0.130. The van der Waals surface area contributed by atoms with Gasteiger partial charge in [0.1, 0.15) is 0 Å². The molecule has 0 aromatic heterocycles. The van der Waals surface area contributed by atoms with E-state index in [0.29, 0.717) is 5.56 Å². The fourth-order valence-electron chi connectivity index (χ4n) is 2.72. The van der Waals surface area contributed by atoms with Crippen LogP contribution in [0.3, 0.4) is 0 Å². The van der Waals surface area contributed by atoms with Crippen molar-refractivity contribution in [1.29, 1.82) is 0 Å². The average Bonchev–Trinajstić information content (AvgIpc) is 2.66. The van der Waals surface area contributed by atoms with Gasteiger partial charge in [-0.3, -0.25) is 9.59 Å². The van der Waals surface area contributed by atoms with Gasteiger partial charge in [-0.05, 0) is 36.1 Å². The highest BCUT2D eigenvalue weighted by Gasteiger charge is 2.13. The molecular weight excluding hydrogens is 312 g/mol. The van der Waals surface area contributed by atoms with E-state index < -0.39 is 0 Å². The van der Waals surface area contributed by atoms with E-state index in [4.69, 9.17) is 0 Å². The van der Waals surface area contributed by atoms with Crippen LogP contribution in [0.25, 0.3) is 11.1 Å². The van der Waals surface area contributed by atoms with Crippen molar-refractivity contribution in [3.8, 4) is 11.1 Å². The van der Waals surface area contributed by atoms with Crippen molar-refractivity contribution in [3.63, 3.8) is 0 Å². The highest BCUT2D eigenvalue weighted by Crippen LogP contribution is 2.19. The summed E-state index contributed by atoms with van der Waals surface area (Å²) in [4.78, 5) is 26.3. The minimum absolute atomic E-state index is 0.0297. The molecule has 25 heavy (non-hydrogen) atoms. The molecule has 0 saturated carbocycles. The van der Waals surface area contributed by atoms with E-state index in [1.54, 1.807) is 17.0 Å². The van der Waals surface area contributed by atoms with Gasteiger partial charge in [0, 0.05) is 18.7 Å². The van der Waals surface area contributed by atoms with Crippen molar-refractivity contribution < 1.29 is 9.59 Å². The predicted molar refractivity (Wildman–Crippen MR) is 101 cm³/mol. The van der Waals surface area contributed by atoms with Crippen LogP contribution in [-0.2, 0) is 4.79 Å². The molecule has 4 heteroatoms. The lowest BCUT2D eigenvalue weighted by atomic mass is 10.0. The molecule has 4 nitrogen and oxygen atoms in total. The standard InChI is InChI=1S/C21H26N2O2/c1-3-14-23(15-4-2)20(24)16-22-21(25)19-12-10-18(11-13-19)17-8-6-5-7-9-17/h5-13H,3-4,14-16H2,1-2H3,(H,22,25). The summed E-state index contributed by atoms with van der Waals surface area (Å²) in [6, 6.07) is 17.4. The fraction of sp³-hybridized carbons (Fsp3) is 0.333. The van der Waals surface area contributed by atoms with Crippen LogP contribution >= 0.6 is 0 Å². The Labute approximate surface area is 149 Å². The van der Waals surface area contributed by atoms with Crippen LogP contribution < -0.4 is 5.32 Å². The largest absolute Gasteiger partial charge is 0.343 e. The molecule has 0 aliphatic heterocycles. The summed E-state index contributed by atoms with van der Waals surface area (Å²) >= 11 is 0. The number of nitrogens with one attached hydrogen (secondary N) is 1. The molecular formula is C21H26N2O2. The molecule has 2 aromatic rings. The first kappa shape index (κ1) is 18.7. The number of amides is 2. The fourth-order valence-corrected chi connectivity index (χ4v) is 2.72. The molecule has 2 rings (SSSR count). The number of hydrogen-bond acceptors (Lipinski definition) is 2. The molecule has 2 aromatic carbocycles. The second-order valence-corrected chi connectivity index (χ2v) is 6.01. The Morgan fingerprint density at radius 1 is 0.840 bits per heavy atom. The van der Waals surface area contributed by atoms with Gasteiger partial charge in [0.25, 0.3) is 5.91 Å². The van der Waals surface area contributed by atoms with Gasteiger partial charge in [-0.1, -0.05) is 56.3 Å². The van der Waals surface area contributed by atoms with Crippen molar-refractivity contribution in [1.82, 2.24) is 10.2 Å². The van der Waals surface area contributed by atoms with Crippen LogP contribution in [0.4, 0.5) is 0 Å². The summed E-state index contributed by atoms with van der Waals surface area (Å²) in [5.74, 6) is -0.251. The van der Waals surface area contributed by atoms with Gasteiger partial charge in [0.15, 0.2) is 0 Å². The van der Waals surface area contributed by atoms with Crippen molar-refractivity contribution in [2.24, 2.45) is 0 Å². The predicted octanol–water partition coefficient (Wildman–Crippen LogP) is 3.73. The van der Waals surface area contributed by atoms with Crippen LogP contribution in [0, 0.1) is 0 Å². The molecule has 0 aliphatic carbocycles. The van der Waals surface area contributed by atoms with Gasteiger partial charge in [-0.2, -0.15) is 0 Å². The second kappa shape index (κ2) is 9.62. The van der Waals surface area contributed by atoms with E-state index in [0.717, 1.165) is 37.1 Å². The minimum atomic E-state index is -0.221. The van der Waals surface area contributed by atoms with Gasteiger partial charge >= 0.3 is 0 Å². The van der Waals surface area contributed by atoms with Crippen LogP contribution in [0.2, 0.25) is 0 Å². The highest BCUT2D eigenvalue weighted by molar-refractivity contribution is 5.96. The maximum absolute atomic E-state index is 12.3. The summed E-state index contributed by atoms with van der Waals surface area (Å²) in [7, 11) is 0. The molecule has 1 N–H and O–H groups in total. The topological polar surface area (TPSA) is 49.4 Å². The Bertz CT molecular complexity index is 675. The van der Waals surface area contributed by atoms with Gasteiger partial charge in [0.2, 0.25) is 5.91 Å². The number of carbonyl (C=O) groups is 2. The van der Waals surface area contributed by atoms with Crippen molar-refractivity contribution >= 4 is 11.8 Å². The summed E-state index contributed by atoms with van der Waals surface area (Å²) < 4.78 is 0. The number of carbonyl (C=O) groups excluding carboxylic acids is 2. The number of rotatable bonds is 8. The SMILES string of the molecule is CCCN(CCC)C(=O)CNC(=O)c1ccc(-c2ccccc2)cc1. The molecule has 0 spiro atoms. The van der Waals surface area contributed by atoms with Gasteiger partial charge < -0.3 is 10.2 Å². The first-order valence-electron chi connectivity index (χ1n) is 8.87. The highest BCUT2D eigenvalue weighted by atomic mass is 16.2. The normalized spacial score (nSPS) is 10.3. The number of benzene rings is 2. The monoisotopic (exact) mass is 338 g/mol. The molecule has 0 fully saturated rings. The van der Waals surface area contributed by atoms with Crippen LogP contribution in [-0.4, -0.2) is 36.3 Å². The van der Waals surface area contributed by atoms with Crippen LogP contribution in [0.5, 0.6) is 0 Å². The van der Waals surface area contributed by atoms with E-state index >= 15 is 0 Å². The van der Waals surface area contributed by atoms with E-state index in [1.165, 1.54) is 0 Å². The minimum Gasteiger partial charge on any atom is -0.343 e. The maximum Gasteiger partial charge on any atom is 0.251 e. The van der Waals surface area contributed by atoms with Gasteiger partial charge in [-0.15, -0.1) is 0 Å². The zero-order valence-electron chi connectivity index (χ0n) is 15.0. The van der Waals surface area contributed by atoms with Crippen LogP contribution in [0.1, 0.15) is 37.0 Å². The lowest BCUT2D eigenvalue weighted by Crippen LogP contribution is -2.40. The summed E-state index contributed by atoms with van der Waals surface area (Å²) in [5.41, 5.74) is 2.73. The Hall–Kier alpha value is -2.62. The molecule has 0 aliphatic rings. The number of nitrogens with zero attached hydrogens (tertiary/aromatic N) is 1. The number of hydrogen-bond donors (Lipinski definition) is 1. The first-order valence-corrected chi connectivity index (χ1v) is 8.87.